The highest BCUT2D eigenvalue weighted by atomic mass is 35.5. The lowest BCUT2D eigenvalue weighted by Gasteiger charge is -2.32. The maximum atomic E-state index is 12.6. The number of carbonyl (C=O) groups excluding carboxylic acids is 1. The SMILES string of the molecule is CCNCC1CCN(C(=O)Cc2csc(-c3ccc(C)cc3)n2)CC1.Cl.Cl. The van der Waals surface area contributed by atoms with E-state index < -0.39 is 0 Å². The third kappa shape index (κ3) is 6.75. The van der Waals surface area contributed by atoms with Gasteiger partial charge in [0.05, 0.1) is 12.1 Å². The summed E-state index contributed by atoms with van der Waals surface area (Å²) >= 11 is 1.62. The number of nitrogens with one attached hydrogen (secondary N) is 1. The molecule has 1 aromatic heterocycles. The minimum atomic E-state index is 0. The lowest BCUT2D eigenvalue weighted by Crippen LogP contribution is -2.41. The summed E-state index contributed by atoms with van der Waals surface area (Å²) in [6.07, 6.45) is 2.62. The number of piperidine rings is 1. The first-order chi connectivity index (χ1) is 12.2. The van der Waals surface area contributed by atoms with Crippen LogP contribution >= 0.6 is 36.2 Å². The number of aromatic nitrogens is 1. The van der Waals surface area contributed by atoms with Gasteiger partial charge in [-0.1, -0.05) is 36.8 Å². The average molecular weight is 430 g/mol. The quantitative estimate of drug-likeness (QED) is 0.741. The van der Waals surface area contributed by atoms with Crippen LogP contribution in [-0.4, -0.2) is 42.0 Å². The van der Waals surface area contributed by atoms with Crippen molar-refractivity contribution in [1.29, 1.82) is 0 Å². The molecule has 0 bridgehead atoms. The van der Waals surface area contributed by atoms with Crippen LogP contribution < -0.4 is 5.32 Å². The Labute approximate surface area is 178 Å². The molecule has 150 valence electrons. The fourth-order valence-corrected chi connectivity index (χ4v) is 4.04. The third-order valence-electron chi connectivity index (χ3n) is 4.83. The zero-order chi connectivity index (χ0) is 17.6. The molecule has 1 saturated heterocycles. The number of aryl methyl sites for hydroxylation is 1. The maximum absolute atomic E-state index is 12.6. The molecule has 1 aliphatic heterocycles. The number of amides is 1. The molecule has 1 aliphatic rings. The molecule has 1 amide bonds. The van der Waals surface area contributed by atoms with Crippen molar-refractivity contribution in [3.8, 4) is 10.6 Å². The van der Waals surface area contributed by atoms with E-state index in [1.54, 1.807) is 11.3 Å². The van der Waals surface area contributed by atoms with Crippen molar-refractivity contribution in [2.45, 2.75) is 33.1 Å². The van der Waals surface area contributed by atoms with E-state index in [9.17, 15) is 4.79 Å². The number of halogens is 2. The molecule has 0 aliphatic carbocycles. The molecule has 7 heteroatoms. The van der Waals surface area contributed by atoms with Crippen molar-refractivity contribution in [3.63, 3.8) is 0 Å². The molecule has 0 radical (unpaired) electrons. The van der Waals surface area contributed by atoms with Crippen molar-refractivity contribution in [2.75, 3.05) is 26.2 Å². The number of thiazole rings is 1. The van der Waals surface area contributed by atoms with Crippen molar-refractivity contribution in [1.82, 2.24) is 15.2 Å². The van der Waals surface area contributed by atoms with Gasteiger partial charge in [-0.3, -0.25) is 4.79 Å². The second-order valence-corrected chi connectivity index (χ2v) is 7.68. The number of likely N-dealkylation sites (tertiary alicyclic amines) is 1. The zero-order valence-corrected chi connectivity index (χ0v) is 18.4. The second kappa shape index (κ2) is 11.6. The molecule has 2 heterocycles. The number of benzene rings is 1. The molecule has 4 nitrogen and oxygen atoms in total. The van der Waals surface area contributed by atoms with E-state index >= 15 is 0 Å². The van der Waals surface area contributed by atoms with Crippen LogP contribution in [0.1, 0.15) is 31.0 Å². The van der Waals surface area contributed by atoms with Crippen molar-refractivity contribution < 1.29 is 4.79 Å². The van der Waals surface area contributed by atoms with Crippen LogP contribution in [-0.2, 0) is 11.2 Å². The van der Waals surface area contributed by atoms with E-state index in [-0.39, 0.29) is 30.7 Å². The van der Waals surface area contributed by atoms with Gasteiger partial charge in [-0.15, -0.1) is 36.2 Å². The molecular weight excluding hydrogens is 401 g/mol. The van der Waals surface area contributed by atoms with Gasteiger partial charge >= 0.3 is 0 Å². The Hall–Kier alpha value is -1.14. The summed E-state index contributed by atoms with van der Waals surface area (Å²) in [5.74, 6) is 0.916. The molecule has 2 aromatic rings. The van der Waals surface area contributed by atoms with Gasteiger partial charge in [0.15, 0.2) is 0 Å². The number of hydrogen-bond donors (Lipinski definition) is 1. The Morgan fingerprint density at radius 2 is 1.89 bits per heavy atom. The summed E-state index contributed by atoms with van der Waals surface area (Å²) in [5, 5.41) is 6.42. The topological polar surface area (TPSA) is 45.2 Å². The Morgan fingerprint density at radius 3 is 2.52 bits per heavy atom. The number of hydrogen-bond acceptors (Lipinski definition) is 4. The van der Waals surface area contributed by atoms with E-state index in [1.807, 2.05) is 10.3 Å². The van der Waals surface area contributed by atoms with Gasteiger partial charge in [-0.05, 0) is 38.8 Å². The lowest BCUT2D eigenvalue weighted by molar-refractivity contribution is -0.131. The molecule has 1 N–H and O–H groups in total. The van der Waals surface area contributed by atoms with Gasteiger partial charge in [-0.25, -0.2) is 4.98 Å². The van der Waals surface area contributed by atoms with Crippen molar-refractivity contribution in [2.24, 2.45) is 5.92 Å². The van der Waals surface area contributed by atoms with E-state index in [4.69, 9.17) is 0 Å². The summed E-state index contributed by atoms with van der Waals surface area (Å²) in [6.45, 7) is 8.07. The van der Waals surface area contributed by atoms with Crippen LogP contribution in [0.25, 0.3) is 10.6 Å². The summed E-state index contributed by atoms with van der Waals surface area (Å²) in [5.41, 5.74) is 3.26. The van der Waals surface area contributed by atoms with Gasteiger partial charge < -0.3 is 10.2 Å². The van der Waals surface area contributed by atoms with Crippen LogP contribution in [0.3, 0.4) is 0 Å². The molecule has 1 fully saturated rings. The predicted octanol–water partition coefficient (Wildman–Crippen LogP) is 4.35. The summed E-state index contributed by atoms with van der Waals surface area (Å²) in [4.78, 5) is 19.2. The molecule has 3 rings (SSSR count). The number of nitrogens with zero attached hydrogens (tertiary/aromatic N) is 2. The van der Waals surface area contributed by atoms with E-state index in [1.165, 1.54) is 5.56 Å². The van der Waals surface area contributed by atoms with Crippen molar-refractivity contribution in [3.05, 3.63) is 40.9 Å². The largest absolute Gasteiger partial charge is 0.342 e. The summed E-state index contributed by atoms with van der Waals surface area (Å²) in [7, 11) is 0. The minimum Gasteiger partial charge on any atom is -0.342 e. The molecule has 0 saturated carbocycles. The normalized spacial score (nSPS) is 14.4. The summed E-state index contributed by atoms with van der Waals surface area (Å²) < 4.78 is 0. The fraction of sp³-hybridized carbons (Fsp3) is 0.500. The highest BCUT2D eigenvalue weighted by Gasteiger charge is 2.23. The zero-order valence-electron chi connectivity index (χ0n) is 15.9. The molecule has 0 unspecified atom stereocenters. The van der Waals surface area contributed by atoms with E-state index in [0.29, 0.717) is 12.3 Å². The van der Waals surface area contributed by atoms with Crippen molar-refractivity contribution >= 4 is 42.1 Å². The summed E-state index contributed by atoms with van der Waals surface area (Å²) in [6, 6.07) is 8.38. The van der Waals surface area contributed by atoms with Crippen LogP contribution in [0, 0.1) is 12.8 Å². The molecule has 0 spiro atoms. The highest BCUT2D eigenvalue weighted by molar-refractivity contribution is 7.13. The van der Waals surface area contributed by atoms with Crippen LogP contribution in [0.15, 0.2) is 29.6 Å². The smallest absolute Gasteiger partial charge is 0.228 e. The minimum absolute atomic E-state index is 0. The Morgan fingerprint density at radius 1 is 1.22 bits per heavy atom. The van der Waals surface area contributed by atoms with Gasteiger partial charge in [0.1, 0.15) is 5.01 Å². The van der Waals surface area contributed by atoms with Gasteiger partial charge in [0.2, 0.25) is 5.91 Å². The molecule has 1 aromatic carbocycles. The van der Waals surface area contributed by atoms with Crippen LogP contribution in [0.2, 0.25) is 0 Å². The second-order valence-electron chi connectivity index (χ2n) is 6.82. The van der Waals surface area contributed by atoms with Gasteiger partial charge in [0.25, 0.3) is 0 Å². The molecular formula is C20H29Cl2N3OS. The van der Waals surface area contributed by atoms with E-state index in [0.717, 1.165) is 55.3 Å². The predicted molar refractivity (Wildman–Crippen MR) is 118 cm³/mol. The van der Waals surface area contributed by atoms with Gasteiger partial charge in [-0.2, -0.15) is 0 Å². The maximum Gasteiger partial charge on any atom is 0.228 e. The Kier molecular flexibility index (Phi) is 10.3. The Balaban J connectivity index is 0.00000182. The van der Waals surface area contributed by atoms with Crippen LogP contribution in [0.5, 0.6) is 0 Å². The number of rotatable bonds is 6. The lowest BCUT2D eigenvalue weighted by atomic mass is 9.96. The number of carbonyl (C=O) groups is 1. The monoisotopic (exact) mass is 429 g/mol. The third-order valence-corrected chi connectivity index (χ3v) is 5.77. The average Bonchev–Trinajstić information content (AvgIpc) is 3.09. The highest BCUT2D eigenvalue weighted by Crippen LogP contribution is 2.25. The van der Waals surface area contributed by atoms with Crippen LogP contribution in [0.4, 0.5) is 0 Å². The molecule has 27 heavy (non-hydrogen) atoms. The first-order valence-corrected chi connectivity index (χ1v) is 10.0. The van der Waals surface area contributed by atoms with E-state index in [2.05, 4.69) is 48.4 Å². The molecule has 0 atom stereocenters. The first-order valence-electron chi connectivity index (χ1n) is 9.15. The fourth-order valence-electron chi connectivity index (χ4n) is 3.22. The standard InChI is InChI=1S/C20H27N3OS.2ClH/c1-3-21-13-16-8-10-23(11-9-16)19(24)12-18-14-25-20(22-18)17-6-4-15(2)5-7-17;;/h4-7,14,16,21H,3,8-13H2,1-2H3;2*1H. The first kappa shape index (κ1) is 23.9. The van der Waals surface area contributed by atoms with Gasteiger partial charge in [0, 0.05) is 24.0 Å². The Bertz CT molecular complexity index is 698.